The van der Waals surface area contributed by atoms with Crippen molar-refractivity contribution >= 4 is 16.8 Å². The number of para-hydroxylation sites is 1. The lowest BCUT2D eigenvalue weighted by atomic mass is 10.1. The van der Waals surface area contributed by atoms with Crippen molar-refractivity contribution in [1.29, 1.82) is 0 Å². The topological polar surface area (TPSA) is 70.1 Å². The molecule has 0 aliphatic carbocycles. The normalized spacial score (nSPS) is 19.1. The molecule has 1 aromatic carbocycles. The predicted molar refractivity (Wildman–Crippen MR) is 90.6 cm³/mol. The summed E-state index contributed by atoms with van der Waals surface area (Å²) in [6.45, 7) is 2.16. The van der Waals surface area contributed by atoms with E-state index in [0.29, 0.717) is 18.7 Å². The molecule has 2 aromatic heterocycles. The van der Waals surface area contributed by atoms with E-state index >= 15 is 0 Å². The quantitative estimate of drug-likeness (QED) is 0.774. The first-order valence-electron chi connectivity index (χ1n) is 8.04. The average molecular weight is 324 g/mol. The van der Waals surface area contributed by atoms with Gasteiger partial charge in [0.05, 0.1) is 23.3 Å². The number of aromatic amines is 1. The number of nitrogens with zero attached hydrogens (tertiary/aromatic N) is 5. The summed E-state index contributed by atoms with van der Waals surface area (Å²) in [5.74, 6) is 1.02. The Kier molecular flexibility index (Phi) is 3.57. The maximum absolute atomic E-state index is 13.1. The smallest absolute Gasteiger partial charge is 0.256 e. The van der Waals surface area contributed by atoms with Crippen molar-refractivity contribution in [2.75, 3.05) is 26.7 Å². The molecule has 1 amide bonds. The van der Waals surface area contributed by atoms with E-state index in [1.54, 1.807) is 12.4 Å². The highest BCUT2D eigenvalue weighted by atomic mass is 16.2. The highest BCUT2D eigenvalue weighted by Gasteiger charge is 2.31. The van der Waals surface area contributed by atoms with E-state index in [2.05, 4.69) is 27.1 Å². The summed E-state index contributed by atoms with van der Waals surface area (Å²) in [6.07, 6.45) is 5.48. The van der Waals surface area contributed by atoms with E-state index in [0.717, 1.165) is 23.3 Å². The fourth-order valence-corrected chi connectivity index (χ4v) is 3.35. The van der Waals surface area contributed by atoms with Crippen LogP contribution in [0.3, 0.4) is 0 Å². The zero-order valence-electron chi connectivity index (χ0n) is 13.8. The number of H-pyrrole nitrogens is 1. The zero-order chi connectivity index (χ0) is 16.7. The molecule has 7 nitrogen and oxygen atoms in total. The number of carbonyl (C=O) groups excluding carboxylic acids is 1. The van der Waals surface area contributed by atoms with Crippen molar-refractivity contribution in [3.05, 3.63) is 48.2 Å². The van der Waals surface area contributed by atoms with Gasteiger partial charge in [-0.2, -0.15) is 5.10 Å². The lowest BCUT2D eigenvalue weighted by Crippen LogP contribution is -2.49. The van der Waals surface area contributed by atoms with E-state index < -0.39 is 0 Å². The minimum absolute atomic E-state index is 0.0390. The number of aromatic nitrogens is 4. The van der Waals surface area contributed by atoms with Gasteiger partial charge in [0.15, 0.2) is 0 Å². The molecule has 0 bridgehead atoms. The van der Waals surface area contributed by atoms with Gasteiger partial charge in [-0.25, -0.2) is 4.98 Å². The van der Waals surface area contributed by atoms with Gasteiger partial charge >= 0.3 is 0 Å². The Morgan fingerprint density at radius 3 is 2.96 bits per heavy atom. The molecule has 1 fully saturated rings. The molecule has 1 aliphatic heterocycles. The summed E-state index contributed by atoms with van der Waals surface area (Å²) in [5, 5.41) is 7.95. The second-order valence-corrected chi connectivity index (χ2v) is 6.28. The number of hydrogen-bond acceptors (Lipinski definition) is 4. The second-order valence-electron chi connectivity index (χ2n) is 6.28. The average Bonchev–Trinajstić information content (AvgIpc) is 3.23. The van der Waals surface area contributed by atoms with Gasteiger partial charge in [-0.1, -0.05) is 12.1 Å². The molecule has 1 unspecified atom stereocenters. The van der Waals surface area contributed by atoms with Gasteiger partial charge in [0.1, 0.15) is 5.82 Å². The molecule has 0 spiro atoms. The van der Waals surface area contributed by atoms with Crippen molar-refractivity contribution in [2.24, 2.45) is 7.05 Å². The monoisotopic (exact) mass is 324 g/mol. The van der Waals surface area contributed by atoms with Crippen LogP contribution < -0.4 is 0 Å². The number of imidazole rings is 1. The molecule has 1 atom stereocenters. The number of hydrogen-bond donors (Lipinski definition) is 1. The molecule has 1 aliphatic rings. The van der Waals surface area contributed by atoms with Crippen molar-refractivity contribution < 1.29 is 4.79 Å². The Hall–Kier alpha value is -2.67. The highest BCUT2D eigenvalue weighted by Crippen LogP contribution is 2.25. The number of fused-ring (bicyclic) bond motifs is 1. The van der Waals surface area contributed by atoms with E-state index in [1.165, 1.54) is 0 Å². The fourth-order valence-electron chi connectivity index (χ4n) is 3.35. The first kappa shape index (κ1) is 14.9. The predicted octanol–water partition coefficient (Wildman–Crippen LogP) is 1.43. The Morgan fingerprint density at radius 1 is 1.29 bits per heavy atom. The molecule has 3 aromatic rings. The molecule has 124 valence electrons. The summed E-state index contributed by atoms with van der Waals surface area (Å²) in [4.78, 5) is 21.7. The third-order valence-electron chi connectivity index (χ3n) is 4.80. The number of rotatable bonds is 2. The maximum atomic E-state index is 13.1. The summed E-state index contributed by atoms with van der Waals surface area (Å²) in [7, 11) is 4.07. The van der Waals surface area contributed by atoms with Gasteiger partial charge in [-0.15, -0.1) is 0 Å². The van der Waals surface area contributed by atoms with Crippen LogP contribution in [0.15, 0.2) is 36.8 Å². The van der Waals surface area contributed by atoms with Gasteiger partial charge < -0.3 is 9.47 Å². The Bertz CT molecular complexity index is 882. The molecule has 4 rings (SSSR count). The molecule has 24 heavy (non-hydrogen) atoms. The largest absolute Gasteiger partial charge is 0.337 e. The molecule has 7 heteroatoms. The van der Waals surface area contributed by atoms with Crippen LogP contribution >= 0.6 is 0 Å². The van der Waals surface area contributed by atoms with E-state index in [-0.39, 0.29) is 11.9 Å². The zero-order valence-corrected chi connectivity index (χ0v) is 13.8. The summed E-state index contributed by atoms with van der Waals surface area (Å²) < 4.78 is 2.02. The number of piperazine rings is 1. The van der Waals surface area contributed by atoms with Crippen LogP contribution in [0.1, 0.15) is 22.2 Å². The van der Waals surface area contributed by atoms with Gasteiger partial charge in [-0.05, 0) is 13.1 Å². The number of aryl methyl sites for hydroxylation is 1. The standard InChI is InChI=1S/C17H20N6O/c1-21-8-9-23(11-14(21)16-18-6-7-22(16)2)17(24)13-5-3-4-12-10-19-20-15(12)13/h3-7,10,14H,8-9,11H2,1-2H3,(H,19,20). The lowest BCUT2D eigenvalue weighted by molar-refractivity contribution is 0.0530. The van der Waals surface area contributed by atoms with E-state index in [1.807, 2.05) is 40.9 Å². The molecular formula is C17H20N6O. The van der Waals surface area contributed by atoms with Gasteiger partial charge in [0.25, 0.3) is 5.91 Å². The minimum atomic E-state index is 0.0390. The van der Waals surface area contributed by atoms with Crippen LogP contribution in [0.25, 0.3) is 10.9 Å². The van der Waals surface area contributed by atoms with E-state index in [9.17, 15) is 4.79 Å². The summed E-state index contributed by atoms with van der Waals surface area (Å²) in [6, 6.07) is 5.81. The highest BCUT2D eigenvalue weighted by molar-refractivity contribution is 6.05. The van der Waals surface area contributed by atoms with Crippen molar-refractivity contribution in [1.82, 2.24) is 29.5 Å². The third-order valence-corrected chi connectivity index (χ3v) is 4.80. The molecular weight excluding hydrogens is 304 g/mol. The Morgan fingerprint density at radius 2 is 2.17 bits per heavy atom. The molecule has 0 saturated carbocycles. The molecule has 1 saturated heterocycles. The van der Waals surface area contributed by atoms with Crippen LogP contribution in [0, 0.1) is 0 Å². The van der Waals surface area contributed by atoms with Gasteiger partial charge in [0.2, 0.25) is 0 Å². The Labute approximate surface area is 139 Å². The number of amides is 1. The molecule has 3 heterocycles. The first-order chi connectivity index (χ1) is 11.6. The van der Waals surface area contributed by atoms with Crippen LogP contribution in [0.2, 0.25) is 0 Å². The van der Waals surface area contributed by atoms with Crippen LogP contribution in [0.4, 0.5) is 0 Å². The first-order valence-corrected chi connectivity index (χ1v) is 8.04. The number of nitrogens with one attached hydrogen (secondary N) is 1. The van der Waals surface area contributed by atoms with E-state index in [4.69, 9.17) is 0 Å². The number of benzene rings is 1. The van der Waals surface area contributed by atoms with Gasteiger partial charge in [-0.3, -0.25) is 14.8 Å². The maximum Gasteiger partial charge on any atom is 0.256 e. The Balaban J connectivity index is 1.63. The third kappa shape index (κ3) is 2.37. The molecule has 0 radical (unpaired) electrons. The SMILES string of the molecule is CN1CCN(C(=O)c2cccc3cn[nH]c23)CC1c1nccn1C. The van der Waals surface area contributed by atoms with Crippen LogP contribution in [-0.2, 0) is 7.05 Å². The fraction of sp³-hybridized carbons (Fsp3) is 0.353. The molecule has 1 N–H and O–H groups in total. The second kappa shape index (κ2) is 5.76. The summed E-state index contributed by atoms with van der Waals surface area (Å²) >= 11 is 0. The lowest BCUT2D eigenvalue weighted by Gasteiger charge is -2.39. The number of carbonyl (C=O) groups is 1. The van der Waals surface area contributed by atoms with Crippen LogP contribution in [-0.4, -0.2) is 62.1 Å². The van der Waals surface area contributed by atoms with Crippen molar-refractivity contribution in [2.45, 2.75) is 6.04 Å². The van der Waals surface area contributed by atoms with Crippen LogP contribution in [0.5, 0.6) is 0 Å². The van der Waals surface area contributed by atoms with Crippen molar-refractivity contribution in [3.8, 4) is 0 Å². The van der Waals surface area contributed by atoms with Crippen molar-refractivity contribution in [3.63, 3.8) is 0 Å². The van der Waals surface area contributed by atoms with Gasteiger partial charge in [0, 0.05) is 44.5 Å². The summed E-state index contributed by atoms with van der Waals surface area (Å²) in [5.41, 5.74) is 1.48. The minimum Gasteiger partial charge on any atom is -0.337 e. The number of likely N-dealkylation sites (N-methyl/N-ethyl adjacent to an activating group) is 1.